The monoisotopic (exact) mass is 162 g/mol. The van der Waals surface area contributed by atoms with E-state index in [1.165, 1.54) is 0 Å². The van der Waals surface area contributed by atoms with Gasteiger partial charge in [0.15, 0.2) is 0 Å². The smallest absolute Gasteiger partial charge is 0.0798 e. The summed E-state index contributed by atoms with van der Waals surface area (Å²) in [6.45, 7) is 5.78. The molecule has 0 aliphatic rings. The Labute approximate surface area is 68.0 Å². The van der Waals surface area contributed by atoms with Crippen molar-refractivity contribution in [1.29, 1.82) is 0 Å². The first-order valence-electron chi connectivity index (χ1n) is 4.00. The van der Waals surface area contributed by atoms with E-state index < -0.39 is 12.2 Å². The van der Waals surface area contributed by atoms with Crippen LogP contribution in [-0.4, -0.2) is 35.1 Å². The first-order valence-corrected chi connectivity index (χ1v) is 4.00. The van der Waals surface area contributed by atoms with Crippen molar-refractivity contribution in [3.05, 3.63) is 0 Å². The average molecular weight is 162 g/mol. The minimum atomic E-state index is -0.544. The van der Waals surface area contributed by atoms with Gasteiger partial charge in [-0.05, 0) is 20.8 Å². The van der Waals surface area contributed by atoms with Crippen LogP contribution in [0.4, 0.5) is 0 Å². The van der Waals surface area contributed by atoms with Gasteiger partial charge in [0.25, 0.3) is 0 Å². The highest BCUT2D eigenvalue weighted by Crippen LogP contribution is 1.99. The van der Waals surface area contributed by atoms with Crippen molar-refractivity contribution < 1.29 is 14.9 Å². The number of hydrogen-bond acceptors (Lipinski definition) is 3. The van der Waals surface area contributed by atoms with Gasteiger partial charge in [0.2, 0.25) is 0 Å². The number of aliphatic hydroxyl groups excluding tert-OH is 2. The van der Waals surface area contributed by atoms with E-state index in [1.807, 2.05) is 13.8 Å². The lowest BCUT2D eigenvalue weighted by Gasteiger charge is -2.14. The van der Waals surface area contributed by atoms with E-state index in [4.69, 9.17) is 9.84 Å². The highest BCUT2D eigenvalue weighted by Gasteiger charge is 2.08. The highest BCUT2D eigenvalue weighted by molar-refractivity contribution is 4.58. The van der Waals surface area contributed by atoms with Gasteiger partial charge in [-0.2, -0.15) is 0 Å². The molecule has 2 N–H and O–H groups in total. The van der Waals surface area contributed by atoms with Gasteiger partial charge in [-0.3, -0.25) is 0 Å². The fourth-order valence-electron chi connectivity index (χ4n) is 0.765. The summed E-state index contributed by atoms with van der Waals surface area (Å²) >= 11 is 0. The normalized spacial score (nSPS) is 16.9. The molecule has 3 nitrogen and oxygen atoms in total. The molecule has 0 aromatic heterocycles. The SMILES string of the molecule is CC(O)CC(O)COC(C)C. The zero-order valence-electron chi connectivity index (χ0n) is 7.45. The van der Waals surface area contributed by atoms with Crippen LogP contribution in [0.1, 0.15) is 27.2 Å². The van der Waals surface area contributed by atoms with E-state index in [9.17, 15) is 5.11 Å². The molecule has 0 amide bonds. The summed E-state index contributed by atoms with van der Waals surface area (Å²) in [4.78, 5) is 0. The molecule has 0 spiro atoms. The molecule has 0 bridgehead atoms. The second-order valence-corrected chi connectivity index (χ2v) is 3.12. The van der Waals surface area contributed by atoms with Gasteiger partial charge in [-0.15, -0.1) is 0 Å². The molecule has 0 aliphatic heterocycles. The van der Waals surface area contributed by atoms with E-state index in [-0.39, 0.29) is 6.10 Å². The summed E-state index contributed by atoms with van der Waals surface area (Å²) in [6, 6.07) is 0. The van der Waals surface area contributed by atoms with Gasteiger partial charge in [-0.25, -0.2) is 0 Å². The average Bonchev–Trinajstić information content (AvgIpc) is 1.82. The maximum absolute atomic E-state index is 9.18. The van der Waals surface area contributed by atoms with Crippen LogP contribution in [0.15, 0.2) is 0 Å². The Morgan fingerprint density at radius 2 is 1.73 bits per heavy atom. The van der Waals surface area contributed by atoms with E-state index in [1.54, 1.807) is 6.92 Å². The second kappa shape index (κ2) is 5.52. The van der Waals surface area contributed by atoms with E-state index in [0.717, 1.165) is 0 Å². The minimum Gasteiger partial charge on any atom is -0.393 e. The first-order chi connectivity index (χ1) is 5.02. The number of rotatable bonds is 5. The number of aliphatic hydroxyl groups is 2. The van der Waals surface area contributed by atoms with Gasteiger partial charge < -0.3 is 14.9 Å². The molecule has 0 heterocycles. The molecule has 0 saturated heterocycles. The van der Waals surface area contributed by atoms with Crippen molar-refractivity contribution in [2.45, 2.75) is 45.5 Å². The van der Waals surface area contributed by atoms with Gasteiger partial charge in [0.05, 0.1) is 24.9 Å². The molecule has 2 atom stereocenters. The Morgan fingerprint density at radius 3 is 2.09 bits per heavy atom. The second-order valence-electron chi connectivity index (χ2n) is 3.12. The van der Waals surface area contributed by atoms with E-state index >= 15 is 0 Å². The Balaban J connectivity index is 3.29. The van der Waals surface area contributed by atoms with Crippen LogP contribution in [0.5, 0.6) is 0 Å². The van der Waals surface area contributed by atoms with Crippen LogP contribution in [0, 0.1) is 0 Å². The lowest BCUT2D eigenvalue weighted by atomic mass is 10.2. The lowest BCUT2D eigenvalue weighted by Crippen LogP contribution is -2.22. The first kappa shape index (κ1) is 10.9. The summed E-state index contributed by atoms with van der Waals surface area (Å²) in [5.41, 5.74) is 0. The Morgan fingerprint density at radius 1 is 1.18 bits per heavy atom. The summed E-state index contributed by atoms with van der Waals surface area (Å²) in [7, 11) is 0. The van der Waals surface area contributed by atoms with Gasteiger partial charge in [0, 0.05) is 6.42 Å². The molecule has 0 radical (unpaired) electrons. The van der Waals surface area contributed by atoms with Crippen molar-refractivity contribution >= 4 is 0 Å². The van der Waals surface area contributed by atoms with Crippen molar-refractivity contribution in [3.8, 4) is 0 Å². The zero-order chi connectivity index (χ0) is 8.85. The zero-order valence-corrected chi connectivity index (χ0v) is 7.45. The van der Waals surface area contributed by atoms with Gasteiger partial charge in [-0.1, -0.05) is 0 Å². The fraction of sp³-hybridized carbons (Fsp3) is 1.00. The molecule has 0 fully saturated rings. The highest BCUT2D eigenvalue weighted by atomic mass is 16.5. The van der Waals surface area contributed by atoms with Crippen molar-refractivity contribution in [2.75, 3.05) is 6.61 Å². The Bertz CT molecular complexity index is 91.3. The van der Waals surface area contributed by atoms with Crippen LogP contribution in [0.25, 0.3) is 0 Å². The molecule has 11 heavy (non-hydrogen) atoms. The third-order valence-corrected chi connectivity index (χ3v) is 1.24. The van der Waals surface area contributed by atoms with Crippen LogP contribution >= 0.6 is 0 Å². The summed E-state index contributed by atoms with van der Waals surface area (Å²) in [5, 5.41) is 18.1. The number of ether oxygens (including phenoxy) is 1. The predicted molar refractivity (Wildman–Crippen MR) is 43.4 cm³/mol. The lowest BCUT2D eigenvalue weighted by molar-refractivity contribution is -0.0128. The molecule has 0 saturated carbocycles. The molecule has 0 aliphatic carbocycles. The molecule has 0 aromatic rings. The maximum Gasteiger partial charge on any atom is 0.0798 e. The van der Waals surface area contributed by atoms with Crippen LogP contribution < -0.4 is 0 Å². The number of hydrogen-bond donors (Lipinski definition) is 2. The molecule has 2 unspecified atom stereocenters. The summed E-state index contributed by atoms with van der Waals surface area (Å²) in [5.74, 6) is 0. The van der Waals surface area contributed by atoms with Crippen LogP contribution in [-0.2, 0) is 4.74 Å². The molecule has 0 aromatic carbocycles. The largest absolute Gasteiger partial charge is 0.393 e. The molecule has 68 valence electrons. The fourth-order valence-corrected chi connectivity index (χ4v) is 0.765. The molecular weight excluding hydrogens is 144 g/mol. The Kier molecular flexibility index (Phi) is 5.46. The van der Waals surface area contributed by atoms with E-state index in [2.05, 4.69) is 0 Å². The predicted octanol–water partition coefficient (Wildman–Crippen LogP) is 0.543. The van der Waals surface area contributed by atoms with Crippen molar-refractivity contribution in [1.82, 2.24) is 0 Å². The van der Waals surface area contributed by atoms with Crippen LogP contribution in [0.2, 0.25) is 0 Å². The molecule has 0 rings (SSSR count). The van der Waals surface area contributed by atoms with Crippen LogP contribution in [0.3, 0.4) is 0 Å². The van der Waals surface area contributed by atoms with Gasteiger partial charge >= 0.3 is 0 Å². The molecular formula is C8H18O3. The third-order valence-electron chi connectivity index (χ3n) is 1.24. The quantitative estimate of drug-likeness (QED) is 0.620. The summed E-state index contributed by atoms with van der Waals surface area (Å²) in [6.07, 6.45) is -0.482. The van der Waals surface area contributed by atoms with Crippen molar-refractivity contribution in [3.63, 3.8) is 0 Å². The summed E-state index contributed by atoms with van der Waals surface area (Å²) < 4.78 is 5.14. The Hall–Kier alpha value is -0.120. The topological polar surface area (TPSA) is 49.7 Å². The minimum absolute atomic E-state index is 0.138. The van der Waals surface area contributed by atoms with Crippen molar-refractivity contribution in [2.24, 2.45) is 0 Å². The standard InChI is InChI=1S/C8H18O3/c1-6(2)11-5-8(10)4-7(3)9/h6-10H,4-5H2,1-3H3. The molecule has 3 heteroatoms. The maximum atomic E-state index is 9.18. The third kappa shape index (κ3) is 7.78. The van der Waals surface area contributed by atoms with E-state index in [0.29, 0.717) is 13.0 Å². The van der Waals surface area contributed by atoms with Gasteiger partial charge in [0.1, 0.15) is 0 Å².